The van der Waals surface area contributed by atoms with Gasteiger partial charge in [-0.3, -0.25) is 4.79 Å². The summed E-state index contributed by atoms with van der Waals surface area (Å²) in [5, 5.41) is 0. The molecule has 0 N–H and O–H groups in total. The van der Waals surface area contributed by atoms with E-state index in [0.717, 1.165) is 19.3 Å². The van der Waals surface area contributed by atoms with E-state index in [1.54, 1.807) is 6.92 Å². The summed E-state index contributed by atoms with van der Waals surface area (Å²) in [6.07, 6.45) is 8.43. The van der Waals surface area contributed by atoms with E-state index in [-0.39, 0.29) is 17.6 Å². The Morgan fingerprint density at radius 3 is 2.70 bits per heavy atom. The molecule has 0 heterocycles. The molecule has 54 valence electrons. The van der Waals surface area contributed by atoms with Crippen LogP contribution in [0.5, 0.6) is 0 Å². The molecular formula is C9H12O. The van der Waals surface area contributed by atoms with E-state index in [0.29, 0.717) is 0 Å². The largest absolute Gasteiger partial charge is 0.300 e. The summed E-state index contributed by atoms with van der Waals surface area (Å²) < 4.78 is 0. The van der Waals surface area contributed by atoms with Gasteiger partial charge in [-0.15, -0.1) is 12.3 Å². The number of hydrogen-bond acceptors (Lipinski definition) is 1. The maximum absolute atomic E-state index is 10.9. The third-order valence-corrected chi connectivity index (χ3v) is 2.25. The monoisotopic (exact) mass is 136 g/mol. The Morgan fingerprint density at radius 2 is 2.30 bits per heavy atom. The average Bonchev–Trinajstić information content (AvgIpc) is 2.33. The van der Waals surface area contributed by atoms with Crippen molar-refractivity contribution in [2.24, 2.45) is 11.8 Å². The van der Waals surface area contributed by atoms with Crippen molar-refractivity contribution in [1.29, 1.82) is 0 Å². The Labute approximate surface area is 61.8 Å². The van der Waals surface area contributed by atoms with Gasteiger partial charge in [-0.2, -0.15) is 0 Å². The van der Waals surface area contributed by atoms with Crippen LogP contribution in [0.1, 0.15) is 26.2 Å². The van der Waals surface area contributed by atoms with Crippen molar-refractivity contribution in [3.05, 3.63) is 0 Å². The summed E-state index contributed by atoms with van der Waals surface area (Å²) in [5.41, 5.74) is 0. The molecule has 0 aromatic rings. The molecule has 1 aliphatic rings. The Hall–Kier alpha value is -0.770. The molecular weight excluding hydrogens is 124 g/mol. The van der Waals surface area contributed by atoms with Crippen LogP contribution in [0, 0.1) is 24.2 Å². The SMILES string of the molecule is C#C[C@H]1CCC[C@@H]1C(C)=O. The molecule has 0 unspecified atom stereocenters. The predicted molar refractivity (Wildman–Crippen MR) is 40.3 cm³/mol. The topological polar surface area (TPSA) is 17.1 Å². The van der Waals surface area contributed by atoms with Gasteiger partial charge in [0.25, 0.3) is 0 Å². The lowest BCUT2D eigenvalue weighted by atomic mass is 9.94. The van der Waals surface area contributed by atoms with Gasteiger partial charge < -0.3 is 0 Å². The van der Waals surface area contributed by atoms with E-state index in [1.807, 2.05) is 0 Å². The van der Waals surface area contributed by atoms with Gasteiger partial charge in [-0.1, -0.05) is 6.42 Å². The molecule has 1 nitrogen and oxygen atoms in total. The normalized spacial score (nSPS) is 31.6. The molecule has 0 aliphatic heterocycles. The van der Waals surface area contributed by atoms with Crippen LogP contribution in [0.25, 0.3) is 0 Å². The number of carbonyl (C=O) groups excluding carboxylic acids is 1. The number of hydrogen-bond donors (Lipinski definition) is 0. The van der Waals surface area contributed by atoms with Crippen LogP contribution in [-0.2, 0) is 4.79 Å². The number of ketones is 1. The molecule has 0 aromatic carbocycles. The van der Waals surface area contributed by atoms with Crippen molar-refractivity contribution in [2.75, 3.05) is 0 Å². The van der Waals surface area contributed by atoms with Crippen molar-refractivity contribution < 1.29 is 4.79 Å². The molecule has 0 amide bonds. The Bertz CT molecular complexity index is 176. The fourth-order valence-corrected chi connectivity index (χ4v) is 1.65. The lowest BCUT2D eigenvalue weighted by Gasteiger charge is -2.08. The van der Waals surface area contributed by atoms with Crippen molar-refractivity contribution in [3.8, 4) is 12.3 Å². The van der Waals surface area contributed by atoms with E-state index in [9.17, 15) is 4.79 Å². The zero-order valence-electron chi connectivity index (χ0n) is 6.26. The van der Waals surface area contributed by atoms with E-state index >= 15 is 0 Å². The van der Waals surface area contributed by atoms with Crippen LogP contribution < -0.4 is 0 Å². The van der Waals surface area contributed by atoms with Gasteiger partial charge in [0, 0.05) is 11.8 Å². The third kappa shape index (κ3) is 1.21. The van der Waals surface area contributed by atoms with Crippen molar-refractivity contribution in [2.45, 2.75) is 26.2 Å². The maximum Gasteiger partial charge on any atom is 0.134 e. The molecule has 1 saturated carbocycles. The molecule has 0 radical (unpaired) electrons. The second-order valence-electron chi connectivity index (χ2n) is 2.92. The highest BCUT2D eigenvalue weighted by molar-refractivity contribution is 5.79. The predicted octanol–water partition coefficient (Wildman–Crippen LogP) is 1.62. The molecule has 0 saturated heterocycles. The minimum absolute atomic E-state index is 0.171. The second-order valence-corrected chi connectivity index (χ2v) is 2.92. The summed E-state index contributed by atoms with van der Waals surface area (Å²) in [6, 6.07) is 0. The Balaban J connectivity index is 2.61. The zero-order valence-corrected chi connectivity index (χ0v) is 6.26. The number of Topliss-reactive ketones (excluding diaryl/α,β-unsaturated/α-hetero) is 1. The second kappa shape index (κ2) is 2.88. The first kappa shape index (κ1) is 7.34. The van der Waals surface area contributed by atoms with Gasteiger partial charge in [0.15, 0.2) is 0 Å². The van der Waals surface area contributed by atoms with Gasteiger partial charge >= 0.3 is 0 Å². The minimum atomic E-state index is 0.171. The summed E-state index contributed by atoms with van der Waals surface area (Å²) in [7, 11) is 0. The van der Waals surface area contributed by atoms with E-state index in [2.05, 4.69) is 5.92 Å². The van der Waals surface area contributed by atoms with Crippen LogP contribution in [0.3, 0.4) is 0 Å². The standard InChI is InChI=1S/C9H12O/c1-3-8-5-4-6-9(8)7(2)10/h1,8-9H,4-6H2,2H3/t8-,9+/m0/s1. The van der Waals surface area contributed by atoms with Crippen LogP contribution in [0.2, 0.25) is 0 Å². The molecule has 0 bridgehead atoms. The van der Waals surface area contributed by atoms with Crippen LogP contribution in [0.15, 0.2) is 0 Å². The third-order valence-electron chi connectivity index (χ3n) is 2.25. The van der Waals surface area contributed by atoms with Crippen LogP contribution >= 0.6 is 0 Å². The van der Waals surface area contributed by atoms with Crippen molar-refractivity contribution >= 4 is 5.78 Å². The zero-order chi connectivity index (χ0) is 7.56. The van der Waals surface area contributed by atoms with E-state index < -0.39 is 0 Å². The maximum atomic E-state index is 10.9. The van der Waals surface area contributed by atoms with Gasteiger partial charge in [0.2, 0.25) is 0 Å². The molecule has 0 aromatic heterocycles. The average molecular weight is 136 g/mol. The summed E-state index contributed by atoms with van der Waals surface area (Å²) >= 11 is 0. The molecule has 2 atom stereocenters. The van der Waals surface area contributed by atoms with Gasteiger partial charge in [0.05, 0.1) is 0 Å². The fourth-order valence-electron chi connectivity index (χ4n) is 1.65. The van der Waals surface area contributed by atoms with Crippen molar-refractivity contribution in [1.82, 2.24) is 0 Å². The lowest BCUT2D eigenvalue weighted by Crippen LogP contribution is -2.14. The first-order valence-electron chi connectivity index (χ1n) is 3.72. The van der Waals surface area contributed by atoms with Crippen LogP contribution in [-0.4, -0.2) is 5.78 Å². The smallest absolute Gasteiger partial charge is 0.134 e. The highest BCUT2D eigenvalue weighted by Crippen LogP contribution is 2.31. The number of rotatable bonds is 1. The lowest BCUT2D eigenvalue weighted by molar-refractivity contribution is -0.121. The molecule has 1 aliphatic carbocycles. The van der Waals surface area contributed by atoms with E-state index in [4.69, 9.17) is 6.42 Å². The highest BCUT2D eigenvalue weighted by atomic mass is 16.1. The molecule has 1 heteroatoms. The van der Waals surface area contributed by atoms with Gasteiger partial charge in [0.1, 0.15) is 5.78 Å². The van der Waals surface area contributed by atoms with Gasteiger partial charge in [-0.05, 0) is 19.8 Å². The van der Waals surface area contributed by atoms with Crippen molar-refractivity contribution in [3.63, 3.8) is 0 Å². The molecule has 1 rings (SSSR count). The summed E-state index contributed by atoms with van der Waals surface area (Å²) in [6.45, 7) is 1.64. The first-order chi connectivity index (χ1) is 4.75. The first-order valence-corrected chi connectivity index (χ1v) is 3.72. The Kier molecular flexibility index (Phi) is 2.11. The van der Waals surface area contributed by atoms with Crippen LogP contribution in [0.4, 0.5) is 0 Å². The minimum Gasteiger partial charge on any atom is -0.300 e. The van der Waals surface area contributed by atoms with E-state index in [1.165, 1.54) is 0 Å². The van der Waals surface area contributed by atoms with Gasteiger partial charge in [-0.25, -0.2) is 0 Å². The quantitative estimate of drug-likeness (QED) is 0.501. The summed E-state index contributed by atoms with van der Waals surface area (Å²) in [4.78, 5) is 10.9. The molecule has 1 fully saturated rings. The fraction of sp³-hybridized carbons (Fsp3) is 0.667. The summed E-state index contributed by atoms with van der Waals surface area (Å²) in [5.74, 6) is 3.34. The highest BCUT2D eigenvalue weighted by Gasteiger charge is 2.28. The number of terminal acetylenes is 1. The molecule has 10 heavy (non-hydrogen) atoms. The number of carbonyl (C=O) groups is 1. The molecule has 0 spiro atoms. The Morgan fingerprint density at radius 1 is 1.60 bits per heavy atom.